The zero-order valence-electron chi connectivity index (χ0n) is 21.1. The van der Waals surface area contributed by atoms with Crippen molar-refractivity contribution in [3.63, 3.8) is 0 Å². The summed E-state index contributed by atoms with van der Waals surface area (Å²) in [4.78, 5) is 23.5. The molecular weight excluding hydrogens is 459 g/mol. The summed E-state index contributed by atoms with van der Waals surface area (Å²) in [6.45, 7) is 2.01. The first-order chi connectivity index (χ1) is 17.5. The lowest BCUT2D eigenvalue weighted by Gasteiger charge is -2.26. The average Bonchev–Trinajstić information content (AvgIpc) is 3.63. The van der Waals surface area contributed by atoms with Gasteiger partial charge in [-0.1, -0.05) is 12.5 Å². The molecule has 0 spiro atoms. The summed E-state index contributed by atoms with van der Waals surface area (Å²) in [7, 11) is 1.70. The van der Waals surface area contributed by atoms with Crippen LogP contribution >= 0.6 is 0 Å². The van der Waals surface area contributed by atoms with Crippen molar-refractivity contribution in [2.75, 3.05) is 32.1 Å². The highest BCUT2D eigenvalue weighted by molar-refractivity contribution is 5.76. The molecule has 0 amide bonds. The molecule has 0 radical (unpaired) electrons. The maximum absolute atomic E-state index is 15.2. The predicted octanol–water partition coefficient (Wildman–Crippen LogP) is 4.92. The number of nitrogens with one attached hydrogen (secondary N) is 1. The van der Waals surface area contributed by atoms with E-state index in [1.54, 1.807) is 13.3 Å². The summed E-state index contributed by atoms with van der Waals surface area (Å²) in [6, 6.07) is 4.98. The molecule has 194 valence electrons. The van der Waals surface area contributed by atoms with Crippen LogP contribution in [0.2, 0.25) is 0 Å². The van der Waals surface area contributed by atoms with Gasteiger partial charge in [-0.15, -0.1) is 0 Å². The Kier molecular flexibility index (Phi) is 7.70. The molecule has 1 saturated carbocycles. The molecular formula is C28H37FN4O3. The lowest BCUT2D eigenvalue weighted by Crippen LogP contribution is -2.34. The van der Waals surface area contributed by atoms with Gasteiger partial charge in [0.05, 0.1) is 7.11 Å². The Hall–Kier alpha value is -2.74. The third-order valence-electron chi connectivity index (χ3n) is 7.91. The lowest BCUT2D eigenvalue weighted by molar-refractivity contribution is -0.143. The number of pyridine rings is 2. The smallest absolute Gasteiger partial charge is 0.325 e. The Morgan fingerprint density at radius 2 is 2.19 bits per heavy atom. The Morgan fingerprint density at radius 3 is 2.97 bits per heavy atom. The van der Waals surface area contributed by atoms with E-state index in [1.165, 1.54) is 0 Å². The Balaban J connectivity index is 1.13. The van der Waals surface area contributed by atoms with Crippen LogP contribution in [0.1, 0.15) is 79.4 Å². The molecule has 0 aromatic carbocycles. The number of methoxy groups -OCH3 is 1. The van der Waals surface area contributed by atoms with Crippen LogP contribution in [0.5, 0.6) is 5.75 Å². The number of rotatable bonds is 11. The monoisotopic (exact) mass is 496 g/mol. The van der Waals surface area contributed by atoms with Crippen LogP contribution in [-0.4, -0.2) is 58.9 Å². The number of carboxylic acid groups (broad SMARTS) is 1. The topological polar surface area (TPSA) is 87.6 Å². The third-order valence-corrected chi connectivity index (χ3v) is 7.91. The van der Waals surface area contributed by atoms with Crippen LogP contribution in [0.15, 0.2) is 24.4 Å². The number of halogens is 1. The fourth-order valence-electron chi connectivity index (χ4n) is 5.84. The molecule has 2 aromatic rings. The van der Waals surface area contributed by atoms with E-state index < -0.39 is 18.2 Å². The highest BCUT2D eigenvalue weighted by Crippen LogP contribution is 2.43. The minimum absolute atomic E-state index is 0.126. The predicted molar refractivity (Wildman–Crippen MR) is 136 cm³/mol. The Labute approximate surface area is 212 Å². The van der Waals surface area contributed by atoms with Gasteiger partial charge in [-0.05, 0) is 64.0 Å². The molecule has 1 saturated heterocycles. The molecule has 3 atom stereocenters. The summed E-state index contributed by atoms with van der Waals surface area (Å²) < 4.78 is 20.8. The van der Waals surface area contributed by atoms with Gasteiger partial charge >= 0.3 is 5.97 Å². The highest BCUT2D eigenvalue weighted by Gasteiger charge is 2.39. The Morgan fingerprint density at radius 1 is 1.33 bits per heavy atom. The molecule has 0 unspecified atom stereocenters. The van der Waals surface area contributed by atoms with E-state index in [-0.39, 0.29) is 5.92 Å². The first-order valence-electron chi connectivity index (χ1n) is 13.4. The second kappa shape index (κ2) is 11.1. The SMILES string of the molecule is COc1cc(CCCC[C@H](F)[C@@H]2CCN([C@H](C(=O)O)c3cccnc3C3CC3)C2)nc2c1CCCN2. The van der Waals surface area contributed by atoms with Gasteiger partial charge < -0.3 is 15.2 Å². The zero-order valence-corrected chi connectivity index (χ0v) is 21.1. The van der Waals surface area contributed by atoms with Gasteiger partial charge in [0.1, 0.15) is 23.8 Å². The number of likely N-dealkylation sites (tertiary alicyclic amines) is 1. The van der Waals surface area contributed by atoms with Gasteiger partial charge in [0.25, 0.3) is 0 Å². The fourth-order valence-corrected chi connectivity index (χ4v) is 5.84. The molecule has 4 heterocycles. The number of ether oxygens (including phenoxy) is 1. The van der Waals surface area contributed by atoms with E-state index in [2.05, 4.69) is 10.3 Å². The van der Waals surface area contributed by atoms with Gasteiger partial charge in [-0.3, -0.25) is 14.7 Å². The maximum Gasteiger partial charge on any atom is 0.325 e. The molecule has 2 fully saturated rings. The minimum atomic E-state index is -0.922. The van der Waals surface area contributed by atoms with Crippen molar-refractivity contribution in [2.45, 2.75) is 75.9 Å². The number of aromatic nitrogens is 2. The maximum atomic E-state index is 15.2. The highest BCUT2D eigenvalue weighted by atomic mass is 19.1. The van der Waals surface area contributed by atoms with E-state index >= 15 is 4.39 Å². The van der Waals surface area contributed by atoms with Crippen LogP contribution in [0.4, 0.5) is 10.2 Å². The van der Waals surface area contributed by atoms with Gasteiger partial charge in [-0.25, -0.2) is 9.37 Å². The van der Waals surface area contributed by atoms with E-state index in [1.807, 2.05) is 23.1 Å². The first kappa shape index (κ1) is 24.9. The number of aliphatic carboxylic acids is 1. The van der Waals surface area contributed by atoms with Gasteiger partial charge in [0.2, 0.25) is 0 Å². The second-order valence-corrected chi connectivity index (χ2v) is 10.5. The minimum Gasteiger partial charge on any atom is -0.496 e. The number of hydrogen-bond donors (Lipinski definition) is 2. The van der Waals surface area contributed by atoms with E-state index in [4.69, 9.17) is 9.72 Å². The third kappa shape index (κ3) is 5.48. The van der Waals surface area contributed by atoms with Crippen molar-refractivity contribution < 1.29 is 19.0 Å². The van der Waals surface area contributed by atoms with Gasteiger partial charge in [-0.2, -0.15) is 0 Å². The number of fused-ring (bicyclic) bond motifs is 1. The molecule has 3 aliphatic rings. The number of carboxylic acids is 1. The summed E-state index contributed by atoms with van der Waals surface area (Å²) in [6.07, 6.45) is 8.64. The van der Waals surface area contributed by atoms with Crippen LogP contribution in [0.25, 0.3) is 0 Å². The molecule has 2 aromatic heterocycles. The van der Waals surface area contributed by atoms with Crippen molar-refractivity contribution in [1.82, 2.24) is 14.9 Å². The summed E-state index contributed by atoms with van der Waals surface area (Å²) >= 11 is 0. The number of aryl methyl sites for hydroxylation is 1. The summed E-state index contributed by atoms with van der Waals surface area (Å²) in [5.41, 5.74) is 3.82. The number of hydrogen-bond acceptors (Lipinski definition) is 6. The molecule has 2 aliphatic heterocycles. The fraction of sp³-hybridized carbons (Fsp3) is 0.607. The molecule has 36 heavy (non-hydrogen) atoms. The zero-order chi connectivity index (χ0) is 25.1. The second-order valence-electron chi connectivity index (χ2n) is 10.5. The lowest BCUT2D eigenvalue weighted by atomic mass is 9.97. The number of alkyl halides is 1. The molecule has 0 bridgehead atoms. The van der Waals surface area contributed by atoms with Crippen LogP contribution in [-0.2, 0) is 17.6 Å². The summed E-state index contributed by atoms with van der Waals surface area (Å²) in [5.74, 6) is 1.19. The number of unbranched alkanes of at least 4 members (excludes halogenated alkanes) is 1. The van der Waals surface area contributed by atoms with E-state index in [0.29, 0.717) is 31.8 Å². The quantitative estimate of drug-likeness (QED) is 0.427. The van der Waals surface area contributed by atoms with Crippen molar-refractivity contribution in [1.29, 1.82) is 0 Å². The van der Waals surface area contributed by atoms with Crippen LogP contribution in [0.3, 0.4) is 0 Å². The first-order valence-corrected chi connectivity index (χ1v) is 13.4. The number of carbonyl (C=O) groups is 1. The average molecular weight is 497 g/mol. The van der Waals surface area contributed by atoms with Gasteiger partial charge in [0, 0.05) is 59.7 Å². The summed E-state index contributed by atoms with van der Waals surface area (Å²) in [5, 5.41) is 13.4. The largest absolute Gasteiger partial charge is 0.496 e. The van der Waals surface area contributed by atoms with Crippen molar-refractivity contribution in [3.05, 3.63) is 46.9 Å². The molecule has 1 aliphatic carbocycles. The van der Waals surface area contributed by atoms with E-state index in [0.717, 1.165) is 85.6 Å². The standard InChI is InChI=1S/C28H37FN4O3/c1-36-24-16-20(32-27-21(24)7-4-14-31-27)6-2-3-9-23(29)19-12-15-33(17-19)26(28(34)35)22-8-5-13-30-25(22)18-10-11-18/h5,8,13,16,18-19,23,26H,2-4,6-7,9-12,14-15,17H2,1H3,(H,31,32)(H,34,35)/t19-,23+,26+/m1/s1. The number of anilines is 1. The van der Waals surface area contributed by atoms with Gasteiger partial charge in [0.15, 0.2) is 0 Å². The number of nitrogens with zero attached hydrogens (tertiary/aromatic N) is 3. The van der Waals surface area contributed by atoms with Crippen molar-refractivity contribution in [3.8, 4) is 5.75 Å². The van der Waals surface area contributed by atoms with E-state index in [9.17, 15) is 9.90 Å². The van der Waals surface area contributed by atoms with Crippen molar-refractivity contribution in [2.24, 2.45) is 5.92 Å². The normalized spacial score (nSPS) is 21.4. The Bertz CT molecular complexity index is 1060. The van der Waals surface area contributed by atoms with Crippen LogP contribution < -0.4 is 10.1 Å². The molecule has 5 rings (SSSR count). The molecule has 7 nitrogen and oxygen atoms in total. The van der Waals surface area contributed by atoms with Crippen LogP contribution in [0, 0.1) is 5.92 Å². The molecule has 8 heteroatoms. The molecule has 2 N–H and O–H groups in total. The van der Waals surface area contributed by atoms with Crippen molar-refractivity contribution >= 4 is 11.8 Å².